The van der Waals surface area contributed by atoms with Crippen molar-refractivity contribution in [3.63, 3.8) is 0 Å². The average molecular weight is 341 g/mol. The molecule has 0 aliphatic rings. The van der Waals surface area contributed by atoms with Crippen LogP contribution in [0.5, 0.6) is 0 Å². The second-order valence-electron chi connectivity index (χ2n) is 5.11. The predicted octanol–water partition coefficient (Wildman–Crippen LogP) is 3.71. The summed E-state index contributed by atoms with van der Waals surface area (Å²) in [6, 6.07) is 5.84. The Labute approximate surface area is 135 Å². The van der Waals surface area contributed by atoms with Crippen molar-refractivity contribution in [1.82, 2.24) is 15.6 Å². The van der Waals surface area contributed by atoms with Gasteiger partial charge in [-0.1, -0.05) is 12.1 Å². The highest BCUT2D eigenvalue weighted by Crippen LogP contribution is 2.29. The molecule has 1 aromatic carbocycles. The van der Waals surface area contributed by atoms with Crippen LogP contribution in [0.3, 0.4) is 0 Å². The van der Waals surface area contributed by atoms with E-state index in [4.69, 9.17) is 0 Å². The van der Waals surface area contributed by atoms with Gasteiger partial charge >= 0.3 is 12.2 Å². The maximum atomic E-state index is 12.9. The molecule has 2 N–H and O–H groups in total. The van der Waals surface area contributed by atoms with Crippen molar-refractivity contribution in [2.45, 2.75) is 25.2 Å². The summed E-state index contributed by atoms with van der Waals surface area (Å²) in [6.45, 7) is 0.149. The summed E-state index contributed by atoms with van der Waals surface area (Å²) < 4.78 is 51.1. The molecule has 1 heterocycles. The zero-order valence-corrected chi connectivity index (χ0v) is 12.5. The zero-order valence-electron chi connectivity index (χ0n) is 12.5. The molecule has 1 atom stereocenters. The molecule has 2 aromatic rings. The number of halogens is 4. The fourth-order valence-electron chi connectivity index (χ4n) is 2.07. The van der Waals surface area contributed by atoms with Crippen LogP contribution in [-0.4, -0.2) is 17.2 Å². The van der Waals surface area contributed by atoms with Gasteiger partial charge in [0.05, 0.1) is 12.5 Å². The van der Waals surface area contributed by atoms with E-state index in [9.17, 15) is 22.4 Å². The van der Waals surface area contributed by atoms with E-state index in [1.165, 1.54) is 12.1 Å². The normalized spacial score (nSPS) is 12.5. The Morgan fingerprint density at radius 1 is 1.08 bits per heavy atom. The summed E-state index contributed by atoms with van der Waals surface area (Å²) >= 11 is 0. The fourth-order valence-corrected chi connectivity index (χ4v) is 2.07. The molecule has 0 bridgehead atoms. The zero-order chi connectivity index (χ0) is 17.6. The first-order valence-corrected chi connectivity index (χ1v) is 7.09. The number of pyridine rings is 1. The van der Waals surface area contributed by atoms with E-state index in [0.717, 1.165) is 17.7 Å². The van der Waals surface area contributed by atoms with Gasteiger partial charge in [-0.2, -0.15) is 13.2 Å². The summed E-state index contributed by atoms with van der Waals surface area (Å²) in [4.78, 5) is 15.7. The Hall–Kier alpha value is -2.64. The number of rotatable bonds is 5. The van der Waals surface area contributed by atoms with E-state index < -0.39 is 30.5 Å². The summed E-state index contributed by atoms with van der Waals surface area (Å²) in [5.41, 5.74) is 0.932. The minimum atomic E-state index is -4.47. The number of carbonyl (C=O) groups excluding carboxylic acids is 1. The van der Waals surface area contributed by atoms with Gasteiger partial charge in [0.1, 0.15) is 5.82 Å². The molecule has 0 spiro atoms. The maximum absolute atomic E-state index is 12.9. The highest BCUT2D eigenvalue weighted by atomic mass is 19.4. The van der Waals surface area contributed by atoms with Gasteiger partial charge in [-0.3, -0.25) is 4.98 Å². The van der Waals surface area contributed by atoms with Crippen LogP contribution in [0.2, 0.25) is 0 Å². The molecular weight excluding hydrogens is 326 g/mol. The highest BCUT2D eigenvalue weighted by molar-refractivity contribution is 5.74. The van der Waals surface area contributed by atoms with Gasteiger partial charge < -0.3 is 10.6 Å². The Morgan fingerprint density at radius 3 is 2.29 bits per heavy atom. The molecular formula is C16H15F4N3O. The van der Waals surface area contributed by atoms with Crippen LogP contribution < -0.4 is 10.6 Å². The first-order chi connectivity index (χ1) is 11.3. The van der Waals surface area contributed by atoms with Crippen LogP contribution >= 0.6 is 0 Å². The minimum absolute atomic E-state index is 0.149. The molecule has 2 rings (SSSR count). The van der Waals surface area contributed by atoms with Crippen molar-refractivity contribution in [3.8, 4) is 0 Å². The van der Waals surface area contributed by atoms with Crippen molar-refractivity contribution in [3.05, 3.63) is 65.7 Å². The third-order valence-corrected chi connectivity index (χ3v) is 3.22. The Morgan fingerprint density at radius 2 is 1.71 bits per heavy atom. The monoisotopic (exact) mass is 341 g/mol. The third kappa shape index (κ3) is 5.86. The molecule has 0 fully saturated rings. The summed E-state index contributed by atoms with van der Waals surface area (Å²) in [5, 5.41) is 4.75. The number of nitrogens with one attached hydrogen (secondary N) is 2. The minimum Gasteiger partial charge on any atom is -0.334 e. The lowest BCUT2D eigenvalue weighted by Crippen LogP contribution is -2.39. The van der Waals surface area contributed by atoms with Crippen molar-refractivity contribution in [2.24, 2.45) is 0 Å². The maximum Gasteiger partial charge on any atom is 0.391 e. The predicted molar refractivity (Wildman–Crippen MR) is 79.4 cm³/mol. The lowest BCUT2D eigenvalue weighted by molar-refractivity contribution is -0.139. The second kappa shape index (κ2) is 7.76. The van der Waals surface area contributed by atoms with E-state index in [1.807, 2.05) is 0 Å². The van der Waals surface area contributed by atoms with Gasteiger partial charge in [0, 0.05) is 18.9 Å². The molecule has 0 aliphatic heterocycles. The number of aromatic nitrogens is 1. The Balaban J connectivity index is 2.01. The van der Waals surface area contributed by atoms with E-state index in [2.05, 4.69) is 15.6 Å². The van der Waals surface area contributed by atoms with E-state index in [0.29, 0.717) is 0 Å². The topological polar surface area (TPSA) is 54.0 Å². The number of urea groups is 1. The quantitative estimate of drug-likeness (QED) is 0.815. The van der Waals surface area contributed by atoms with Crippen molar-refractivity contribution in [2.75, 3.05) is 0 Å². The SMILES string of the molecule is O=C(NCc1ccncc1)N[C@H](CC(F)(F)F)c1ccc(F)cc1. The molecule has 128 valence electrons. The van der Waals surface area contributed by atoms with Gasteiger partial charge in [-0.15, -0.1) is 0 Å². The van der Waals surface area contributed by atoms with Crippen molar-refractivity contribution >= 4 is 6.03 Å². The summed E-state index contributed by atoms with van der Waals surface area (Å²) in [7, 11) is 0. The number of hydrogen-bond donors (Lipinski definition) is 2. The van der Waals surface area contributed by atoms with Crippen LogP contribution in [0.15, 0.2) is 48.8 Å². The van der Waals surface area contributed by atoms with Crippen molar-refractivity contribution in [1.29, 1.82) is 0 Å². The molecule has 0 radical (unpaired) electrons. The molecule has 1 aromatic heterocycles. The summed E-state index contributed by atoms with van der Waals surface area (Å²) in [5.74, 6) is -0.563. The van der Waals surface area contributed by atoms with Crippen LogP contribution in [0, 0.1) is 5.82 Å². The molecule has 4 nitrogen and oxygen atoms in total. The first kappa shape index (κ1) is 17.7. The standard InChI is InChI=1S/C16H15F4N3O/c17-13-3-1-12(2-4-13)14(9-16(18,19)20)23-15(24)22-10-11-5-7-21-8-6-11/h1-8,14H,9-10H2,(H2,22,23,24)/t14-/m1/s1. The molecule has 0 unspecified atom stereocenters. The number of nitrogens with zero attached hydrogens (tertiary/aromatic N) is 1. The number of hydrogen-bond acceptors (Lipinski definition) is 2. The highest BCUT2D eigenvalue weighted by Gasteiger charge is 2.33. The summed E-state index contributed by atoms with van der Waals surface area (Å²) in [6.07, 6.45) is -2.64. The second-order valence-corrected chi connectivity index (χ2v) is 5.11. The molecule has 0 saturated heterocycles. The first-order valence-electron chi connectivity index (χ1n) is 7.09. The van der Waals surface area contributed by atoms with E-state index >= 15 is 0 Å². The van der Waals surface area contributed by atoms with Gasteiger partial charge in [0.2, 0.25) is 0 Å². The smallest absolute Gasteiger partial charge is 0.334 e. The number of benzene rings is 1. The number of amides is 2. The fraction of sp³-hybridized carbons (Fsp3) is 0.250. The van der Waals surface area contributed by atoms with Gasteiger partial charge in [-0.25, -0.2) is 9.18 Å². The van der Waals surface area contributed by atoms with E-state index in [1.54, 1.807) is 24.5 Å². The van der Waals surface area contributed by atoms with E-state index in [-0.39, 0.29) is 12.1 Å². The van der Waals surface area contributed by atoms with Crippen LogP contribution in [-0.2, 0) is 6.54 Å². The molecule has 24 heavy (non-hydrogen) atoms. The van der Waals surface area contributed by atoms with Crippen LogP contribution in [0.1, 0.15) is 23.6 Å². The van der Waals surface area contributed by atoms with Gasteiger partial charge in [0.25, 0.3) is 0 Å². The number of carbonyl (C=O) groups is 1. The van der Waals surface area contributed by atoms with Gasteiger partial charge in [0.15, 0.2) is 0 Å². The van der Waals surface area contributed by atoms with Crippen LogP contribution in [0.25, 0.3) is 0 Å². The Bertz CT molecular complexity index is 659. The number of alkyl halides is 3. The average Bonchev–Trinajstić information content (AvgIpc) is 2.53. The molecule has 0 aliphatic carbocycles. The largest absolute Gasteiger partial charge is 0.391 e. The third-order valence-electron chi connectivity index (χ3n) is 3.22. The molecule has 2 amide bonds. The molecule has 8 heteroatoms. The molecule has 0 saturated carbocycles. The lowest BCUT2D eigenvalue weighted by Gasteiger charge is -2.21. The van der Waals surface area contributed by atoms with Crippen molar-refractivity contribution < 1.29 is 22.4 Å². The Kier molecular flexibility index (Phi) is 5.73. The lowest BCUT2D eigenvalue weighted by atomic mass is 10.0. The van der Waals surface area contributed by atoms with Gasteiger partial charge in [-0.05, 0) is 35.4 Å². The van der Waals surface area contributed by atoms with Crippen LogP contribution in [0.4, 0.5) is 22.4 Å².